The van der Waals surface area contributed by atoms with Crippen LogP contribution in [0.5, 0.6) is 0 Å². The van der Waals surface area contributed by atoms with Crippen LogP contribution in [0.2, 0.25) is 0 Å². The maximum atomic E-state index is 5.34. The number of ether oxygens (including phenoxy) is 1. The third-order valence-corrected chi connectivity index (χ3v) is 2.88. The van der Waals surface area contributed by atoms with E-state index in [4.69, 9.17) is 4.74 Å². The predicted octanol–water partition coefficient (Wildman–Crippen LogP) is 1.10. The van der Waals surface area contributed by atoms with Crippen LogP contribution in [0.1, 0.15) is 27.2 Å². The lowest BCUT2D eigenvalue weighted by atomic mass is 10.2. The second-order valence-electron chi connectivity index (χ2n) is 4.11. The highest BCUT2D eigenvalue weighted by Crippen LogP contribution is 2.04. The summed E-state index contributed by atoms with van der Waals surface area (Å²) in [6.45, 7) is 11.9. The van der Waals surface area contributed by atoms with E-state index >= 15 is 0 Å². The van der Waals surface area contributed by atoms with Crippen LogP contribution < -0.4 is 5.32 Å². The fraction of sp³-hybridized carbons (Fsp3) is 1.00. The van der Waals surface area contributed by atoms with Gasteiger partial charge in [0.15, 0.2) is 0 Å². The van der Waals surface area contributed by atoms with Crippen LogP contribution in [-0.2, 0) is 4.74 Å². The van der Waals surface area contributed by atoms with Crippen LogP contribution in [0.4, 0.5) is 0 Å². The van der Waals surface area contributed by atoms with Gasteiger partial charge in [0, 0.05) is 25.2 Å². The zero-order valence-electron chi connectivity index (χ0n) is 9.75. The topological polar surface area (TPSA) is 24.5 Å². The van der Waals surface area contributed by atoms with Crippen LogP contribution in [0.15, 0.2) is 0 Å². The summed E-state index contributed by atoms with van der Waals surface area (Å²) in [5.74, 6) is 0. The molecule has 0 aromatic rings. The van der Waals surface area contributed by atoms with Crippen molar-refractivity contribution < 1.29 is 4.74 Å². The second-order valence-corrected chi connectivity index (χ2v) is 4.11. The number of nitrogens with zero attached hydrogens (tertiary/aromatic N) is 1. The Morgan fingerprint density at radius 3 is 2.64 bits per heavy atom. The molecule has 1 aliphatic heterocycles. The standard InChI is InChI=1S/C11H24N2O/c1-4-13(5-2)8-10(3)12-11-6-7-14-9-11/h10-12H,4-9H2,1-3H3. The smallest absolute Gasteiger partial charge is 0.0620 e. The molecule has 0 bridgehead atoms. The summed E-state index contributed by atoms with van der Waals surface area (Å²) in [4.78, 5) is 2.45. The molecule has 0 spiro atoms. The van der Waals surface area contributed by atoms with Crippen LogP contribution in [0.25, 0.3) is 0 Å². The molecule has 0 aromatic carbocycles. The van der Waals surface area contributed by atoms with Gasteiger partial charge in [0.05, 0.1) is 6.61 Å². The van der Waals surface area contributed by atoms with Gasteiger partial charge in [0.25, 0.3) is 0 Å². The summed E-state index contributed by atoms with van der Waals surface area (Å²) in [5.41, 5.74) is 0. The van der Waals surface area contributed by atoms with Crippen molar-refractivity contribution in [2.75, 3.05) is 32.8 Å². The summed E-state index contributed by atoms with van der Waals surface area (Å²) in [7, 11) is 0. The minimum atomic E-state index is 0.571. The van der Waals surface area contributed by atoms with Crippen molar-refractivity contribution in [2.45, 2.75) is 39.3 Å². The summed E-state index contributed by atoms with van der Waals surface area (Å²) in [5, 5.41) is 3.61. The first-order valence-electron chi connectivity index (χ1n) is 5.82. The summed E-state index contributed by atoms with van der Waals surface area (Å²) in [6, 6.07) is 1.15. The number of hydrogen-bond donors (Lipinski definition) is 1. The monoisotopic (exact) mass is 200 g/mol. The Balaban J connectivity index is 2.16. The molecule has 3 nitrogen and oxygen atoms in total. The van der Waals surface area contributed by atoms with Gasteiger partial charge in [-0.1, -0.05) is 13.8 Å². The van der Waals surface area contributed by atoms with Gasteiger partial charge >= 0.3 is 0 Å². The highest BCUT2D eigenvalue weighted by Gasteiger charge is 2.17. The molecule has 84 valence electrons. The maximum Gasteiger partial charge on any atom is 0.0620 e. The molecule has 1 saturated heterocycles. The molecule has 0 radical (unpaired) electrons. The molecule has 2 unspecified atom stereocenters. The quantitative estimate of drug-likeness (QED) is 0.695. The Bertz CT molecular complexity index is 138. The predicted molar refractivity (Wildman–Crippen MR) is 59.6 cm³/mol. The number of rotatable bonds is 6. The average molecular weight is 200 g/mol. The summed E-state index contributed by atoms with van der Waals surface area (Å²) < 4.78 is 5.34. The van der Waals surface area contributed by atoms with Crippen molar-refractivity contribution >= 4 is 0 Å². The lowest BCUT2D eigenvalue weighted by Crippen LogP contribution is -2.44. The molecule has 1 N–H and O–H groups in total. The van der Waals surface area contributed by atoms with Gasteiger partial charge < -0.3 is 15.0 Å². The lowest BCUT2D eigenvalue weighted by molar-refractivity contribution is 0.185. The third kappa shape index (κ3) is 3.95. The Morgan fingerprint density at radius 2 is 2.14 bits per heavy atom. The Morgan fingerprint density at radius 1 is 1.43 bits per heavy atom. The first kappa shape index (κ1) is 12.0. The minimum absolute atomic E-state index is 0.571. The molecule has 1 fully saturated rings. The van der Waals surface area contributed by atoms with Crippen LogP contribution in [0.3, 0.4) is 0 Å². The van der Waals surface area contributed by atoms with E-state index in [0.29, 0.717) is 12.1 Å². The van der Waals surface area contributed by atoms with E-state index < -0.39 is 0 Å². The van der Waals surface area contributed by atoms with E-state index in [2.05, 4.69) is 31.0 Å². The third-order valence-electron chi connectivity index (χ3n) is 2.88. The molecule has 14 heavy (non-hydrogen) atoms. The first-order valence-corrected chi connectivity index (χ1v) is 5.82. The van der Waals surface area contributed by atoms with E-state index in [1.165, 1.54) is 6.42 Å². The maximum absolute atomic E-state index is 5.34. The van der Waals surface area contributed by atoms with E-state index in [9.17, 15) is 0 Å². The van der Waals surface area contributed by atoms with Crippen molar-refractivity contribution in [2.24, 2.45) is 0 Å². The highest BCUT2D eigenvalue weighted by molar-refractivity contribution is 4.76. The highest BCUT2D eigenvalue weighted by atomic mass is 16.5. The zero-order valence-corrected chi connectivity index (χ0v) is 9.75. The van der Waals surface area contributed by atoms with E-state index in [0.717, 1.165) is 32.8 Å². The molecule has 1 heterocycles. The fourth-order valence-corrected chi connectivity index (χ4v) is 1.99. The number of nitrogens with one attached hydrogen (secondary N) is 1. The van der Waals surface area contributed by atoms with Gasteiger partial charge in [-0.25, -0.2) is 0 Å². The second kappa shape index (κ2) is 6.38. The van der Waals surface area contributed by atoms with Gasteiger partial charge in [-0.15, -0.1) is 0 Å². The molecule has 1 rings (SSSR count). The van der Waals surface area contributed by atoms with E-state index in [-0.39, 0.29) is 0 Å². The largest absolute Gasteiger partial charge is 0.380 e. The lowest BCUT2D eigenvalue weighted by Gasteiger charge is -2.25. The van der Waals surface area contributed by atoms with Crippen molar-refractivity contribution in [3.05, 3.63) is 0 Å². The van der Waals surface area contributed by atoms with E-state index in [1.807, 2.05) is 0 Å². The Kier molecular flexibility index (Phi) is 5.45. The molecule has 0 aromatic heterocycles. The normalized spacial score (nSPS) is 24.4. The van der Waals surface area contributed by atoms with Crippen LogP contribution >= 0.6 is 0 Å². The first-order chi connectivity index (χ1) is 6.76. The molecular formula is C11H24N2O. The van der Waals surface area contributed by atoms with Gasteiger partial charge in [-0.2, -0.15) is 0 Å². The summed E-state index contributed by atoms with van der Waals surface area (Å²) >= 11 is 0. The Hall–Kier alpha value is -0.120. The van der Waals surface area contributed by atoms with Crippen molar-refractivity contribution in [3.63, 3.8) is 0 Å². The zero-order chi connectivity index (χ0) is 10.4. The van der Waals surface area contributed by atoms with Gasteiger partial charge in [-0.05, 0) is 26.4 Å². The van der Waals surface area contributed by atoms with E-state index in [1.54, 1.807) is 0 Å². The van der Waals surface area contributed by atoms with Crippen molar-refractivity contribution in [1.29, 1.82) is 0 Å². The molecule has 0 aliphatic carbocycles. The molecular weight excluding hydrogens is 176 g/mol. The summed E-state index contributed by atoms with van der Waals surface area (Å²) in [6.07, 6.45) is 1.17. The van der Waals surface area contributed by atoms with Gasteiger partial charge in [0.2, 0.25) is 0 Å². The number of likely N-dealkylation sites (N-methyl/N-ethyl adjacent to an activating group) is 1. The molecule has 0 saturated carbocycles. The van der Waals surface area contributed by atoms with Gasteiger partial charge in [0.1, 0.15) is 0 Å². The SMILES string of the molecule is CCN(CC)CC(C)NC1CCOC1. The molecule has 2 atom stereocenters. The molecule has 1 aliphatic rings. The van der Waals surface area contributed by atoms with Crippen LogP contribution in [0, 0.1) is 0 Å². The average Bonchev–Trinajstić information content (AvgIpc) is 2.66. The molecule has 0 amide bonds. The minimum Gasteiger partial charge on any atom is -0.380 e. The van der Waals surface area contributed by atoms with Crippen molar-refractivity contribution in [3.8, 4) is 0 Å². The van der Waals surface area contributed by atoms with Gasteiger partial charge in [-0.3, -0.25) is 0 Å². The fourth-order valence-electron chi connectivity index (χ4n) is 1.99. The van der Waals surface area contributed by atoms with Crippen molar-refractivity contribution in [1.82, 2.24) is 10.2 Å². The molecule has 3 heteroatoms. The van der Waals surface area contributed by atoms with Crippen LogP contribution in [-0.4, -0.2) is 49.8 Å². The number of hydrogen-bond acceptors (Lipinski definition) is 3. The Labute approximate surface area is 87.8 Å².